The van der Waals surface area contributed by atoms with Gasteiger partial charge < -0.3 is 0 Å². The molecule has 0 saturated carbocycles. The lowest BCUT2D eigenvalue weighted by atomic mass is 10.2. The van der Waals surface area contributed by atoms with E-state index >= 15 is 0 Å². The van der Waals surface area contributed by atoms with Gasteiger partial charge in [-0.2, -0.15) is 0 Å². The van der Waals surface area contributed by atoms with E-state index in [0.29, 0.717) is 21.9 Å². The summed E-state index contributed by atoms with van der Waals surface area (Å²) in [7, 11) is 0. The van der Waals surface area contributed by atoms with E-state index in [1.807, 2.05) is 0 Å². The van der Waals surface area contributed by atoms with Crippen LogP contribution in [-0.2, 0) is 0 Å². The monoisotopic (exact) mass is 326 g/mol. The number of aromatic nitrogens is 2. The molecule has 0 spiro atoms. The fraction of sp³-hybridized carbons (Fsp3) is 0.133. The van der Waals surface area contributed by atoms with Gasteiger partial charge in [-0.15, -0.1) is 11.6 Å². The Bertz CT molecular complexity index is 828. The minimum Gasteiger partial charge on any atom is -0.292 e. The highest BCUT2D eigenvalue weighted by Gasteiger charge is 2.19. The van der Waals surface area contributed by atoms with E-state index in [1.165, 1.54) is 30.3 Å². The molecule has 0 amide bonds. The predicted molar refractivity (Wildman–Crippen MR) is 80.3 cm³/mol. The van der Waals surface area contributed by atoms with Crippen LogP contribution in [0.3, 0.4) is 0 Å². The van der Waals surface area contributed by atoms with Crippen molar-refractivity contribution in [3.63, 3.8) is 0 Å². The maximum atomic E-state index is 14.2. The molecule has 3 rings (SSSR count). The number of halogens is 4. The number of fused-ring (bicyclic) bond motifs is 1. The fourth-order valence-corrected chi connectivity index (χ4v) is 2.56. The van der Waals surface area contributed by atoms with Gasteiger partial charge in [0.1, 0.15) is 17.5 Å². The topological polar surface area (TPSA) is 17.8 Å². The Morgan fingerprint density at radius 2 is 1.90 bits per heavy atom. The third kappa shape index (κ3) is 2.49. The van der Waals surface area contributed by atoms with E-state index < -0.39 is 17.0 Å². The van der Waals surface area contributed by atoms with Crippen LogP contribution in [0.1, 0.15) is 18.1 Å². The lowest BCUT2D eigenvalue weighted by Crippen LogP contribution is -2.04. The molecule has 2 nitrogen and oxygen atoms in total. The highest BCUT2D eigenvalue weighted by molar-refractivity contribution is 6.30. The quantitative estimate of drug-likeness (QED) is 0.587. The van der Waals surface area contributed by atoms with Crippen molar-refractivity contribution in [3.8, 4) is 5.69 Å². The van der Waals surface area contributed by atoms with Crippen LogP contribution in [0.4, 0.5) is 8.78 Å². The van der Waals surface area contributed by atoms with Crippen LogP contribution in [-0.4, -0.2) is 9.55 Å². The Hall–Kier alpha value is -1.65. The molecule has 3 aromatic rings. The normalized spacial score (nSPS) is 12.8. The molecule has 2 aromatic carbocycles. The zero-order chi connectivity index (χ0) is 15.1. The molecular weight excluding hydrogens is 317 g/mol. The van der Waals surface area contributed by atoms with Crippen LogP contribution in [0.2, 0.25) is 5.02 Å². The molecule has 0 saturated heterocycles. The number of benzene rings is 2. The average Bonchev–Trinajstić information content (AvgIpc) is 2.80. The SMILES string of the molecule is CC(Cl)c1nc2cc(F)ccc2n1-c1cc(Cl)ccc1F. The van der Waals surface area contributed by atoms with Crippen molar-refractivity contribution in [1.82, 2.24) is 9.55 Å². The maximum absolute atomic E-state index is 14.2. The first-order valence-corrected chi connectivity index (χ1v) is 7.06. The zero-order valence-corrected chi connectivity index (χ0v) is 12.5. The molecule has 108 valence electrons. The molecule has 0 radical (unpaired) electrons. The molecule has 1 heterocycles. The molecule has 1 atom stereocenters. The van der Waals surface area contributed by atoms with Gasteiger partial charge in [0.05, 0.1) is 22.1 Å². The van der Waals surface area contributed by atoms with Gasteiger partial charge >= 0.3 is 0 Å². The van der Waals surface area contributed by atoms with Gasteiger partial charge in [0.15, 0.2) is 0 Å². The Kier molecular flexibility index (Phi) is 3.59. The molecule has 0 aliphatic heterocycles. The van der Waals surface area contributed by atoms with Crippen LogP contribution < -0.4 is 0 Å². The van der Waals surface area contributed by atoms with Crippen LogP contribution in [0, 0.1) is 11.6 Å². The summed E-state index contributed by atoms with van der Waals surface area (Å²) in [6.45, 7) is 1.72. The maximum Gasteiger partial charge on any atom is 0.147 e. The Balaban J connectivity index is 2.39. The van der Waals surface area contributed by atoms with Crippen LogP contribution in [0.5, 0.6) is 0 Å². The molecule has 0 bridgehead atoms. The first-order chi connectivity index (χ1) is 9.97. The van der Waals surface area contributed by atoms with Crippen molar-refractivity contribution in [2.24, 2.45) is 0 Å². The largest absolute Gasteiger partial charge is 0.292 e. The lowest BCUT2D eigenvalue weighted by Gasteiger charge is -2.12. The second kappa shape index (κ2) is 5.28. The number of nitrogens with zero attached hydrogens (tertiary/aromatic N) is 2. The number of alkyl halides is 1. The van der Waals surface area contributed by atoms with Crippen molar-refractivity contribution >= 4 is 34.2 Å². The first kappa shape index (κ1) is 14.3. The molecule has 21 heavy (non-hydrogen) atoms. The number of hydrogen-bond acceptors (Lipinski definition) is 1. The second-order valence-electron chi connectivity index (χ2n) is 4.65. The summed E-state index contributed by atoms with van der Waals surface area (Å²) in [5.41, 5.74) is 1.22. The minimum absolute atomic E-state index is 0.235. The fourth-order valence-electron chi connectivity index (χ4n) is 2.25. The predicted octanol–water partition coefficient (Wildman–Crippen LogP) is 5.26. The second-order valence-corrected chi connectivity index (χ2v) is 5.74. The third-order valence-electron chi connectivity index (χ3n) is 3.15. The summed E-state index contributed by atoms with van der Waals surface area (Å²) < 4.78 is 29.1. The van der Waals surface area contributed by atoms with Gasteiger partial charge in [0, 0.05) is 11.1 Å². The Morgan fingerprint density at radius 1 is 1.14 bits per heavy atom. The van der Waals surface area contributed by atoms with Crippen LogP contribution in [0.15, 0.2) is 36.4 Å². The Morgan fingerprint density at radius 3 is 2.62 bits per heavy atom. The summed E-state index contributed by atoms with van der Waals surface area (Å²) in [5.74, 6) is -0.437. The van der Waals surface area contributed by atoms with Gasteiger partial charge in [-0.3, -0.25) is 4.57 Å². The molecule has 1 unspecified atom stereocenters. The van der Waals surface area contributed by atoms with Crippen molar-refractivity contribution in [3.05, 3.63) is 58.9 Å². The molecule has 6 heteroatoms. The van der Waals surface area contributed by atoms with E-state index in [1.54, 1.807) is 17.6 Å². The summed E-state index contributed by atoms with van der Waals surface area (Å²) in [4.78, 5) is 4.30. The van der Waals surface area contributed by atoms with Crippen molar-refractivity contribution < 1.29 is 8.78 Å². The first-order valence-electron chi connectivity index (χ1n) is 6.25. The van der Waals surface area contributed by atoms with E-state index in [9.17, 15) is 8.78 Å². The van der Waals surface area contributed by atoms with Crippen molar-refractivity contribution in [2.45, 2.75) is 12.3 Å². The molecule has 0 aliphatic carbocycles. The summed E-state index contributed by atoms with van der Waals surface area (Å²) in [5, 5.41) is -0.0811. The minimum atomic E-state index is -0.473. The molecule has 0 N–H and O–H groups in total. The summed E-state index contributed by atoms with van der Waals surface area (Å²) in [6, 6.07) is 8.35. The van der Waals surface area contributed by atoms with Crippen molar-refractivity contribution in [1.29, 1.82) is 0 Å². The highest BCUT2D eigenvalue weighted by Crippen LogP contribution is 2.30. The van der Waals surface area contributed by atoms with Gasteiger partial charge in [-0.05, 0) is 37.3 Å². The van der Waals surface area contributed by atoms with Gasteiger partial charge in [0.25, 0.3) is 0 Å². The van der Waals surface area contributed by atoms with E-state index in [2.05, 4.69) is 4.98 Å². The summed E-state index contributed by atoms with van der Waals surface area (Å²) in [6.07, 6.45) is 0. The van der Waals surface area contributed by atoms with Crippen LogP contribution >= 0.6 is 23.2 Å². The number of rotatable bonds is 2. The summed E-state index contributed by atoms with van der Waals surface area (Å²) >= 11 is 12.1. The zero-order valence-electron chi connectivity index (χ0n) is 10.9. The van der Waals surface area contributed by atoms with Gasteiger partial charge in [-0.25, -0.2) is 13.8 Å². The molecule has 1 aromatic heterocycles. The van der Waals surface area contributed by atoms with E-state index in [0.717, 1.165) is 0 Å². The van der Waals surface area contributed by atoms with Gasteiger partial charge in [0.2, 0.25) is 0 Å². The van der Waals surface area contributed by atoms with Gasteiger partial charge in [-0.1, -0.05) is 11.6 Å². The van der Waals surface area contributed by atoms with E-state index in [-0.39, 0.29) is 5.69 Å². The molecular formula is C15H10Cl2F2N2. The molecule has 0 fully saturated rings. The van der Waals surface area contributed by atoms with Crippen LogP contribution in [0.25, 0.3) is 16.7 Å². The average molecular weight is 327 g/mol. The highest BCUT2D eigenvalue weighted by atomic mass is 35.5. The third-order valence-corrected chi connectivity index (χ3v) is 3.58. The standard InChI is InChI=1S/C15H10Cl2F2N2/c1-8(16)15-20-12-7-10(18)3-5-13(12)21(15)14-6-9(17)2-4-11(14)19/h2-8H,1H3. The number of imidazole rings is 1. The lowest BCUT2D eigenvalue weighted by molar-refractivity contribution is 0.616. The van der Waals surface area contributed by atoms with Crippen molar-refractivity contribution in [2.75, 3.05) is 0 Å². The molecule has 0 aliphatic rings. The Labute approximate surface area is 129 Å². The smallest absolute Gasteiger partial charge is 0.147 e. The van der Waals surface area contributed by atoms with E-state index in [4.69, 9.17) is 23.2 Å². The number of hydrogen-bond donors (Lipinski definition) is 0.